The van der Waals surface area contributed by atoms with E-state index < -0.39 is 43.4 Å². The van der Waals surface area contributed by atoms with Gasteiger partial charge in [-0.3, -0.25) is 4.79 Å². The second kappa shape index (κ2) is 5.80. The molecule has 0 unspecified atom stereocenters. The lowest BCUT2D eigenvalue weighted by Gasteiger charge is -2.25. The Hall–Kier alpha value is -1.38. The van der Waals surface area contributed by atoms with Crippen molar-refractivity contribution >= 4 is 12.1 Å². The van der Waals surface area contributed by atoms with Crippen LogP contribution in [-0.2, 0) is 14.3 Å². The maximum Gasteiger partial charge on any atom is 0.407 e. The van der Waals surface area contributed by atoms with Crippen LogP contribution in [-0.4, -0.2) is 66.5 Å². The summed E-state index contributed by atoms with van der Waals surface area (Å²) in [7, 11) is 0. The molecule has 1 saturated heterocycles. The molecule has 0 aromatic rings. The first-order chi connectivity index (χ1) is 8.07. The van der Waals surface area contributed by atoms with E-state index in [2.05, 4.69) is 5.32 Å². The molecule has 1 aliphatic heterocycles. The molecule has 0 bridgehead atoms. The van der Waals surface area contributed by atoms with E-state index in [1.165, 1.54) is 0 Å². The molecule has 0 spiro atoms. The van der Waals surface area contributed by atoms with Gasteiger partial charge in [-0.05, 0) is 0 Å². The minimum Gasteiger partial charge on any atom is -0.461 e. The molecule has 1 atom stereocenters. The van der Waals surface area contributed by atoms with Gasteiger partial charge in [0.05, 0.1) is 26.4 Å². The molecule has 0 aromatic heterocycles. The van der Waals surface area contributed by atoms with E-state index in [1.807, 2.05) is 0 Å². The fourth-order valence-electron chi connectivity index (χ4n) is 1.19. The number of ether oxygens (including phenoxy) is 2. The number of rotatable bonds is 6. The van der Waals surface area contributed by atoms with Crippen LogP contribution >= 0.6 is 0 Å². The van der Waals surface area contributed by atoms with Gasteiger partial charge < -0.3 is 30.1 Å². The smallest absolute Gasteiger partial charge is 0.407 e. The summed E-state index contributed by atoms with van der Waals surface area (Å²) in [6.07, 6.45) is -1.19. The van der Waals surface area contributed by atoms with Gasteiger partial charge in [-0.25, -0.2) is 4.79 Å². The molecular formula is C9H15NO7. The van der Waals surface area contributed by atoms with E-state index in [0.717, 1.165) is 0 Å². The minimum absolute atomic E-state index is 0.195. The lowest BCUT2D eigenvalue weighted by Crippen LogP contribution is -2.44. The summed E-state index contributed by atoms with van der Waals surface area (Å²) in [6, 6.07) is 0. The van der Waals surface area contributed by atoms with Crippen LogP contribution in [0.4, 0.5) is 4.79 Å². The Kier molecular flexibility index (Phi) is 4.67. The Morgan fingerprint density at radius 1 is 1.41 bits per heavy atom. The number of carbonyl (C=O) groups is 2. The number of esters is 1. The van der Waals surface area contributed by atoms with Gasteiger partial charge in [0.25, 0.3) is 0 Å². The Morgan fingerprint density at radius 3 is 2.41 bits per heavy atom. The molecule has 1 amide bonds. The molecule has 1 fully saturated rings. The van der Waals surface area contributed by atoms with Crippen molar-refractivity contribution in [3.05, 3.63) is 0 Å². The summed E-state index contributed by atoms with van der Waals surface area (Å²) >= 11 is 0. The third-order valence-electron chi connectivity index (χ3n) is 2.49. The van der Waals surface area contributed by atoms with E-state index in [9.17, 15) is 9.59 Å². The van der Waals surface area contributed by atoms with Crippen molar-refractivity contribution in [2.45, 2.75) is 6.10 Å². The van der Waals surface area contributed by atoms with Crippen LogP contribution in [0.15, 0.2) is 0 Å². The van der Waals surface area contributed by atoms with Crippen molar-refractivity contribution in [2.75, 3.05) is 33.0 Å². The maximum atomic E-state index is 11.5. The van der Waals surface area contributed by atoms with Crippen molar-refractivity contribution in [3.63, 3.8) is 0 Å². The molecule has 0 aromatic carbocycles. The topological polar surface area (TPSA) is 125 Å². The Morgan fingerprint density at radius 2 is 2.00 bits per heavy atom. The van der Waals surface area contributed by atoms with Gasteiger partial charge in [0.1, 0.15) is 12.0 Å². The van der Waals surface area contributed by atoms with E-state index in [4.69, 9.17) is 24.8 Å². The molecule has 1 aliphatic rings. The van der Waals surface area contributed by atoms with Gasteiger partial charge in [0.2, 0.25) is 0 Å². The van der Waals surface area contributed by atoms with Crippen LogP contribution in [0.3, 0.4) is 0 Å². The zero-order chi connectivity index (χ0) is 12.9. The summed E-state index contributed by atoms with van der Waals surface area (Å²) in [5.74, 6) is -0.937. The van der Waals surface area contributed by atoms with E-state index in [-0.39, 0.29) is 13.2 Å². The quantitative estimate of drug-likeness (QED) is 0.387. The molecule has 1 rings (SSSR count). The zero-order valence-electron chi connectivity index (χ0n) is 9.09. The van der Waals surface area contributed by atoms with E-state index in [1.54, 1.807) is 0 Å². The lowest BCUT2D eigenvalue weighted by atomic mass is 9.91. The molecule has 98 valence electrons. The number of alkyl carbamates (subject to hydrolysis) is 1. The van der Waals surface area contributed by atoms with Crippen molar-refractivity contribution in [2.24, 2.45) is 5.41 Å². The maximum absolute atomic E-state index is 11.5. The van der Waals surface area contributed by atoms with Crippen molar-refractivity contribution < 1.29 is 34.4 Å². The molecule has 1 heterocycles. The first-order valence-corrected chi connectivity index (χ1v) is 5.02. The second-order valence-corrected chi connectivity index (χ2v) is 3.76. The van der Waals surface area contributed by atoms with Gasteiger partial charge in [0.15, 0.2) is 6.10 Å². The first kappa shape index (κ1) is 13.7. The highest BCUT2D eigenvalue weighted by atomic mass is 16.6. The molecule has 0 aliphatic carbocycles. The fraction of sp³-hybridized carbons (Fsp3) is 0.778. The molecule has 0 radical (unpaired) electrons. The summed E-state index contributed by atoms with van der Waals surface area (Å²) in [5.41, 5.74) is -1.73. The fourth-order valence-corrected chi connectivity index (χ4v) is 1.19. The van der Waals surface area contributed by atoms with Gasteiger partial charge in [-0.15, -0.1) is 0 Å². The minimum atomic E-state index is -1.73. The molecule has 4 N–H and O–H groups in total. The normalized spacial score (nSPS) is 19.7. The number of amides is 1. The zero-order valence-corrected chi connectivity index (χ0v) is 9.09. The largest absolute Gasteiger partial charge is 0.461 e. The summed E-state index contributed by atoms with van der Waals surface area (Å²) in [5, 5.41) is 29.3. The monoisotopic (exact) mass is 249 g/mol. The summed E-state index contributed by atoms with van der Waals surface area (Å²) < 4.78 is 9.49. The number of nitrogens with one attached hydrogen (secondary N) is 1. The van der Waals surface area contributed by atoms with Crippen LogP contribution < -0.4 is 5.32 Å². The third-order valence-corrected chi connectivity index (χ3v) is 2.49. The van der Waals surface area contributed by atoms with Gasteiger partial charge in [-0.1, -0.05) is 0 Å². The predicted octanol–water partition coefficient (Wildman–Crippen LogP) is -2.40. The highest BCUT2D eigenvalue weighted by molar-refractivity contribution is 5.77. The molecular weight excluding hydrogens is 234 g/mol. The number of cyclic esters (lactones) is 1. The highest BCUT2D eigenvalue weighted by Gasteiger charge is 2.39. The number of aliphatic hydroxyl groups excluding tert-OH is 3. The van der Waals surface area contributed by atoms with Crippen LogP contribution in [0.2, 0.25) is 0 Å². The van der Waals surface area contributed by atoms with Crippen molar-refractivity contribution in [1.82, 2.24) is 5.32 Å². The van der Waals surface area contributed by atoms with Gasteiger partial charge in [-0.2, -0.15) is 0 Å². The first-order valence-electron chi connectivity index (χ1n) is 5.02. The van der Waals surface area contributed by atoms with E-state index in [0.29, 0.717) is 0 Å². The molecule has 8 heteroatoms. The van der Waals surface area contributed by atoms with Crippen LogP contribution in [0.25, 0.3) is 0 Å². The molecule has 8 nitrogen and oxygen atoms in total. The predicted molar refractivity (Wildman–Crippen MR) is 52.9 cm³/mol. The van der Waals surface area contributed by atoms with Gasteiger partial charge >= 0.3 is 12.1 Å². The average molecular weight is 249 g/mol. The van der Waals surface area contributed by atoms with Crippen LogP contribution in [0.5, 0.6) is 0 Å². The van der Waals surface area contributed by atoms with Gasteiger partial charge in [0, 0.05) is 0 Å². The molecule has 0 saturated carbocycles. The average Bonchev–Trinajstić information content (AvgIpc) is 2.75. The lowest BCUT2D eigenvalue weighted by molar-refractivity contribution is -0.167. The number of hydrogen-bond acceptors (Lipinski definition) is 7. The Bertz CT molecular complexity index is 281. The Labute approximate surface area is 97.1 Å². The van der Waals surface area contributed by atoms with Crippen molar-refractivity contribution in [1.29, 1.82) is 0 Å². The standard InChI is InChI=1S/C9H15NO7/c11-3-9(4-12,5-13)7(14)16-2-6-1-10-8(15)17-6/h6,11-13H,1-5H2,(H,10,15)/t6-/m0/s1. The number of carbonyl (C=O) groups excluding carboxylic acids is 2. The molecule has 17 heavy (non-hydrogen) atoms. The SMILES string of the molecule is O=C1NC[C@@H](COC(=O)C(CO)(CO)CO)O1. The van der Waals surface area contributed by atoms with Crippen LogP contribution in [0.1, 0.15) is 0 Å². The third kappa shape index (κ3) is 3.05. The number of aliphatic hydroxyl groups is 3. The Balaban J connectivity index is 2.45. The number of hydrogen-bond donors (Lipinski definition) is 4. The summed E-state index contributed by atoms with van der Waals surface area (Å²) in [6.45, 7) is -2.18. The highest BCUT2D eigenvalue weighted by Crippen LogP contribution is 2.17. The second-order valence-electron chi connectivity index (χ2n) is 3.76. The van der Waals surface area contributed by atoms with E-state index >= 15 is 0 Å². The van der Waals surface area contributed by atoms with Crippen molar-refractivity contribution in [3.8, 4) is 0 Å². The van der Waals surface area contributed by atoms with Crippen LogP contribution in [0, 0.1) is 5.41 Å². The summed E-state index contributed by atoms with van der Waals surface area (Å²) in [4.78, 5) is 22.2.